The van der Waals surface area contributed by atoms with E-state index in [9.17, 15) is 13.0 Å². The molecule has 3 aromatic rings. The van der Waals surface area contributed by atoms with Crippen molar-refractivity contribution in [2.24, 2.45) is 4.36 Å². The summed E-state index contributed by atoms with van der Waals surface area (Å²) >= 11 is 0. The molecule has 12 heteroatoms. The van der Waals surface area contributed by atoms with Crippen molar-refractivity contribution in [2.75, 3.05) is 43.6 Å². The predicted molar refractivity (Wildman–Crippen MR) is 139 cm³/mol. The lowest BCUT2D eigenvalue weighted by molar-refractivity contribution is 0.0318. The van der Waals surface area contributed by atoms with Crippen molar-refractivity contribution >= 4 is 37.8 Å². The number of halogens is 2. The Kier molecular flexibility index (Phi) is 7.50. The van der Waals surface area contributed by atoms with Crippen LogP contribution in [0.1, 0.15) is 18.4 Å². The highest BCUT2D eigenvalue weighted by atomic mass is 32.2. The molecule has 2 aliphatic rings. The van der Waals surface area contributed by atoms with Gasteiger partial charge < -0.3 is 14.8 Å². The second-order valence-electron chi connectivity index (χ2n) is 9.38. The van der Waals surface area contributed by atoms with E-state index >= 15 is 0 Å². The number of nitrogens with zero attached hydrogens (tertiary/aromatic N) is 5. The first kappa shape index (κ1) is 25.7. The molecule has 0 bridgehead atoms. The van der Waals surface area contributed by atoms with Gasteiger partial charge in [-0.1, -0.05) is 0 Å². The van der Waals surface area contributed by atoms with Crippen LogP contribution in [0.5, 0.6) is 5.88 Å². The lowest BCUT2D eigenvalue weighted by Crippen LogP contribution is -2.32. The molecule has 0 radical (unpaired) electrons. The van der Waals surface area contributed by atoms with Crippen LogP contribution in [0.4, 0.5) is 26.0 Å². The van der Waals surface area contributed by atoms with Crippen molar-refractivity contribution < 1.29 is 22.5 Å². The number of pyridine rings is 1. The number of hydrogen-bond acceptors (Lipinski definition) is 9. The Bertz CT molecular complexity index is 1390. The molecule has 4 heterocycles. The predicted octanol–water partition coefficient (Wildman–Crippen LogP) is 4.31. The Labute approximate surface area is 214 Å². The molecule has 0 amide bonds. The standard InChI is InChI=1S/C25H30F2N6O3S/c1-16-10-17(32-37(34)8-3-4-9-37)11-19-23(16)24(30-15-29-19)31-18-6-5-7-28-25(18)36-21-13-33(14-22(26)27)12-20(21)35-2/h5-7,10-11,15,20-22H,3-4,8-9,12-14H2,1-2H3,(H,29,30,31)/t20-,21-/m1/s1. The summed E-state index contributed by atoms with van der Waals surface area (Å²) in [5.41, 5.74) is 2.81. The molecule has 2 aromatic heterocycles. The first-order chi connectivity index (χ1) is 17.8. The third-order valence-corrected chi connectivity index (χ3v) is 9.04. The van der Waals surface area contributed by atoms with E-state index in [1.54, 1.807) is 24.3 Å². The number of benzene rings is 1. The number of fused-ring (bicyclic) bond motifs is 1. The van der Waals surface area contributed by atoms with E-state index in [1.165, 1.54) is 6.33 Å². The third kappa shape index (κ3) is 5.81. The van der Waals surface area contributed by atoms with Crippen molar-refractivity contribution in [2.45, 2.75) is 38.4 Å². The molecule has 1 aromatic carbocycles. The Hall–Kier alpha value is -2.96. The van der Waals surface area contributed by atoms with Crippen LogP contribution >= 0.6 is 0 Å². The van der Waals surface area contributed by atoms with Crippen molar-refractivity contribution in [1.82, 2.24) is 19.9 Å². The van der Waals surface area contributed by atoms with Crippen LogP contribution in [0.3, 0.4) is 0 Å². The van der Waals surface area contributed by atoms with Gasteiger partial charge in [-0.05, 0) is 49.6 Å². The Morgan fingerprint density at radius 1 is 1.19 bits per heavy atom. The van der Waals surface area contributed by atoms with Gasteiger partial charge in [-0.2, -0.15) is 4.36 Å². The summed E-state index contributed by atoms with van der Waals surface area (Å²) in [4.78, 5) is 14.9. The van der Waals surface area contributed by atoms with Crippen LogP contribution in [0.2, 0.25) is 0 Å². The molecule has 1 N–H and O–H groups in total. The van der Waals surface area contributed by atoms with Crippen LogP contribution in [-0.4, -0.2) is 80.9 Å². The molecule has 2 atom stereocenters. The summed E-state index contributed by atoms with van der Waals surface area (Å²) in [5, 5.41) is 4.11. The van der Waals surface area contributed by atoms with Gasteiger partial charge in [0.25, 0.3) is 6.43 Å². The highest BCUT2D eigenvalue weighted by Gasteiger charge is 2.36. The minimum absolute atomic E-state index is 0.309. The molecule has 5 rings (SSSR count). The lowest BCUT2D eigenvalue weighted by atomic mass is 10.1. The summed E-state index contributed by atoms with van der Waals surface area (Å²) in [6.07, 6.45) is 1.71. The third-order valence-electron chi connectivity index (χ3n) is 6.65. The second kappa shape index (κ2) is 10.8. The van der Waals surface area contributed by atoms with E-state index < -0.39 is 22.3 Å². The normalized spacial score (nSPS) is 21.5. The fourth-order valence-corrected chi connectivity index (χ4v) is 7.10. The summed E-state index contributed by atoms with van der Waals surface area (Å²) in [5.74, 6) is 2.15. The summed E-state index contributed by atoms with van der Waals surface area (Å²) in [7, 11) is -0.654. The van der Waals surface area contributed by atoms with Gasteiger partial charge in [0, 0.05) is 43.3 Å². The number of ether oxygens (including phenoxy) is 2. The number of rotatable bonds is 8. The molecule has 2 aliphatic heterocycles. The van der Waals surface area contributed by atoms with Crippen molar-refractivity contribution in [3.05, 3.63) is 42.4 Å². The largest absolute Gasteiger partial charge is 0.469 e. The van der Waals surface area contributed by atoms with Crippen molar-refractivity contribution in [1.29, 1.82) is 0 Å². The topological polar surface area (TPSA) is 102 Å². The molecule has 2 saturated heterocycles. The number of aryl methyl sites for hydroxylation is 1. The maximum Gasteiger partial charge on any atom is 0.251 e. The first-order valence-electron chi connectivity index (χ1n) is 12.2. The molecule has 2 fully saturated rings. The van der Waals surface area contributed by atoms with E-state index in [1.807, 2.05) is 25.1 Å². The minimum atomic E-state index is -2.43. The molecule has 198 valence electrons. The van der Waals surface area contributed by atoms with Crippen LogP contribution in [-0.2, 0) is 14.5 Å². The van der Waals surface area contributed by atoms with E-state index in [2.05, 4.69) is 24.6 Å². The van der Waals surface area contributed by atoms with Crippen molar-refractivity contribution in [3.63, 3.8) is 0 Å². The van der Waals surface area contributed by atoms with Gasteiger partial charge in [-0.3, -0.25) is 4.90 Å². The highest BCUT2D eigenvalue weighted by Crippen LogP contribution is 2.34. The zero-order valence-corrected chi connectivity index (χ0v) is 21.6. The number of anilines is 2. The lowest BCUT2D eigenvalue weighted by Gasteiger charge is -2.20. The van der Waals surface area contributed by atoms with E-state index in [-0.39, 0.29) is 12.6 Å². The van der Waals surface area contributed by atoms with E-state index in [4.69, 9.17) is 9.47 Å². The van der Waals surface area contributed by atoms with Crippen molar-refractivity contribution in [3.8, 4) is 5.88 Å². The molecular formula is C25H30F2N6O3S. The molecular weight excluding hydrogens is 502 g/mol. The molecule has 9 nitrogen and oxygen atoms in total. The number of likely N-dealkylation sites (tertiary alicyclic amines) is 1. The Morgan fingerprint density at radius 2 is 1.97 bits per heavy atom. The molecule has 37 heavy (non-hydrogen) atoms. The van der Waals surface area contributed by atoms with Gasteiger partial charge in [-0.25, -0.2) is 27.9 Å². The van der Waals surface area contributed by atoms with Crippen LogP contribution in [0.25, 0.3) is 10.9 Å². The second-order valence-corrected chi connectivity index (χ2v) is 11.9. The average molecular weight is 533 g/mol. The van der Waals surface area contributed by atoms with E-state index in [0.717, 1.165) is 23.8 Å². The van der Waals surface area contributed by atoms with Gasteiger partial charge in [0.15, 0.2) is 0 Å². The Balaban J connectivity index is 1.42. The number of hydrogen-bond donors (Lipinski definition) is 1. The van der Waals surface area contributed by atoms with Gasteiger partial charge in [0.2, 0.25) is 5.88 Å². The van der Waals surface area contributed by atoms with Crippen LogP contribution in [0.15, 0.2) is 41.2 Å². The number of aromatic nitrogens is 3. The number of nitrogens with one attached hydrogen (secondary N) is 1. The quantitative estimate of drug-likeness (QED) is 0.458. The molecule has 0 saturated carbocycles. The summed E-state index contributed by atoms with van der Waals surface area (Å²) < 4.78 is 55.0. The molecule has 0 aliphatic carbocycles. The fraction of sp³-hybridized carbons (Fsp3) is 0.480. The minimum Gasteiger partial charge on any atom is -0.469 e. The first-order valence-corrected chi connectivity index (χ1v) is 14.1. The zero-order valence-electron chi connectivity index (χ0n) is 20.8. The Morgan fingerprint density at radius 3 is 2.73 bits per heavy atom. The molecule has 0 spiro atoms. The maximum atomic E-state index is 12.9. The summed E-state index contributed by atoms with van der Waals surface area (Å²) in [6, 6.07) is 7.32. The number of alkyl halides is 2. The monoisotopic (exact) mass is 532 g/mol. The van der Waals surface area contributed by atoms with Gasteiger partial charge in [0.05, 0.1) is 27.5 Å². The summed E-state index contributed by atoms with van der Waals surface area (Å²) in [6.45, 7) is 2.28. The highest BCUT2D eigenvalue weighted by molar-refractivity contribution is 7.93. The number of methoxy groups -OCH3 is 1. The SMILES string of the molecule is CO[C@@H]1CN(CC(F)F)C[C@H]1Oc1ncccc1Nc1ncnc2cc(N=S3(=O)CCCC3)cc(C)c12. The van der Waals surface area contributed by atoms with Crippen LogP contribution in [0, 0.1) is 6.92 Å². The van der Waals surface area contributed by atoms with Crippen LogP contribution < -0.4 is 10.1 Å². The van der Waals surface area contributed by atoms with Gasteiger partial charge in [-0.15, -0.1) is 0 Å². The average Bonchev–Trinajstić information content (AvgIpc) is 3.45. The maximum absolute atomic E-state index is 12.9. The zero-order chi connectivity index (χ0) is 26.0. The molecule has 0 unspecified atom stereocenters. The van der Waals surface area contributed by atoms with E-state index in [0.29, 0.717) is 53.2 Å². The fourth-order valence-electron chi connectivity index (χ4n) is 4.91. The smallest absolute Gasteiger partial charge is 0.251 e. The van der Waals surface area contributed by atoms with Gasteiger partial charge >= 0.3 is 0 Å². The van der Waals surface area contributed by atoms with Gasteiger partial charge in [0.1, 0.15) is 30.0 Å².